The van der Waals surface area contributed by atoms with E-state index in [1.807, 2.05) is 0 Å². The van der Waals surface area contributed by atoms with Crippen molar-refractivity contribution in [1.29, 1.82) is 0 Å². The first-order chi connectivity index (χ1) is 11.0. The van der Waals surface area contributed by atoms with Crippen molar-refractivity contribution in [2.75, 3.05) is 27.2 Å². The summed E-state index contributed by atoms with van der Waals surface area (Å²) in [7, 11) is 4.27. The van der Waals surface area contributed by atoms with E-state index in [1.165, 1.54) is 29.5 Å². The van der Waals surface area contributed by atoms with Crippen molar-refractivity contribution in [2.24, 2.45) is 0 Å². The van der Waals surface area contributed by atoms with Crippen molar-refractivity contribution in [1.82, 2.24) is 10.2 Å². The van der Waals surface area contributed by atoms with Crippen LogP contribution in [0.3, 0.4) is 0 Å². The van der Waals surface area contributed by atoms with Crippen LogP contribution < -0.4 is 5.32 Å². The van der Waals surface area contributed by atoms with Crippen molar-refractivity contribution in [3.8, 4) is 0 Å². The van der Waals surface area contributed by atoms with Crippen LogP contribution in [0.15, 0.2) is 48.1 Å². The summed E-state index contributed by atoms with van der Waals surface area (Å²) in [4.78, 5) is 2.25. The number of unbranched alkanes of at least 4 members (excludes halogenated alkanes) is 1. The molecule has 0 fully saturated rings. The zero-order chi connectivity index (χ0) is 16.9. The first kappa shape index (κ1) is 18.0. The number of hydrogen-bond donors (Lipinski definition) is 1. The second-order valence-electron chi connectivity index (χ2n) is 7.33. The summed E-state index contributed by atoms with van der Waals surface area (Å²) in [5, 5.41) is 3.74. The molecule has 0 aromatic heterocycles. The topological polar surface area (TPSA) is 15.3 Å². The van der Waals surface area contributed by atoms with Gasteiger partial charge < -0.3 is 10.2 Å². The van der Waals surface area contributed by atoms with E-state index < -0.39 is 0 Å². The molecule has 1 atom stereocenters. The van der Waals surface area contributed by atoms with Gasteiger partial charge in [0.25, 0.3) is 0 Å². The average molecular weight is 313 g/mol. The largest absolute Gasteiger partial charge is 0.308 e. The van der Waals surface area contributed by atoms with Gasteiger partial charge in [0.15, 0.2) is 0 Å². The first-order valence-electron chi connectivity index (χ1n) is 8.82. The molecule has 0 saturated carbocycles. The van der Waals surface area contributed by atoms with Crippen LogP contribution in [-0.2, 0) is 5.54 Å². The van der Waals surface area contributed by atoms with Crippen LogP contribution in [-0.4, -0.2) is 32.1 Å². The summed E-state index contributed by atoms with van der Waals surface area (Å²) >= 11 is 0. The molecule has 2 heteroatoms. The van der Waals surface area contributed by atoms with Crippen molar-refractivity contribution >= 4 is 0 Å². The van der Waals surface area contributed by atoms with Gasteiger partial charge in [-0.1, -0.05) is 55.8 Å². The van der Waals surface area contributed by atoms with Gasteiger partial charge in [-0.05, 0) is 57.6 Å². The molecule has 126 valence electrons. The zero-order valence-electron chi connectivity index (χ0n) is 15.4. The van der Waals surface area contributed by atoms with Gasteiger partial charge in [0.2, 0.25) is 0 Å². The Labute approximate surface area is 142 Å². The molecule has 1 N–H and O–H groups in total. The summed E-state index contributed by atoms with van der Waals surface area (Å²) in [6.45, 7) is 8.92. The lowest BCUT2D eigenvalue weighted by Crippen LogP contribution is -2.38. The molecule has 2 rings (SSSR count). The molecule has 0 radical (unpaired) electrons. The summed E-state index contributed by atoms with van der Waals surface area (Å²) in [6, 6.07) is 8.91. The third-order valence-electron chi connectivity index (χ3n) is 4.58. The maximum absolute atomic E-state index is 3.74. The monoisotopic (exact) mass is 312 g/mol. The highest BCUT2D eigenvalue weighted by Gasteiger charge is 2.27. The molecular formula is C21H32N2. The molecule has 1 aliphatic rings. The Kier molecular flexibility index (Phi) is 6.20. The van der Waals surface area contributed by atoms with Crippen LogP contribution >= 0.6 is 0 Å². The highest BCUT2D eigenvalue weighted by Crippen LogP contribution is 2.36. The summed E-state index contributed by atoms with van der Waals surface area (Å²) in [6.07, 6.45) is 9.27. The van der Waals surface area contributed by atoms with Gasteiger partial charge in [-0.15, -0.1) is 0 Å². The molecule has 0 amide bonds. The van der Waals surface area contributed by atoms with Crippen LogP contribution in [0.25, 0.3) is 0 Å². The summed E-state index contributed by atoms with van der Waals surface area (Å²) < 4.78 is 0. The van der Waals surface area contributed by atoms with Crippen LogP contribution in [0.4, 0.5) is 0 Å². The average Bonchev–Trinajstić information content (AvgIpc) is 2.94. The Bertz CT molecular complexity index is 567. The van der Waals surface area contributed by atoms with E-state index >= 15 is 0 Å². The number of nitrogens with one attached hydrogen (secondary N) is 1. The van der Waals surface area contributed by atoms with Crippen LogP contribution in [0.1, 0.15) is 50.7 Å². The Balaban J connectivity index is 2.27. The number of rotatable bonds is 8. The molecule has 1 aromatic rings. The summed E-state index contributed by atoms with van der Waals surface area (Å²) in [5.74, 6) is 0.404. The van der Waals surface area contributed by atoms with Crippen molar-refractivity contribution < 1.29 is 0 Å². The second-order valence-corrected chi connectivity index (χ2v) is 7.33. The minimum absolute atomic E-state index is 0.00851. The smallest absolute Gasteiger partial charge is 0.0380 e. The zero-order valence-corrected chi connectivity index (χ0v) is 15.4. The van der Waals surface area contributed by atoms with E-state index in [0.717, 1.165) is 13.1 Å². The molecule has 2 nitrogen and oxygen atoms in total. The molecule has 1 unspecified atom stereocenters. The van der Waals surface area contributed by atoms with Gasteiger partial charge in [0.1, 0.15) is 0 Å². The molecule has 0 saturated heterocycles. The fourth-order valence-corrected chi connectivity index (χ4v) is 3.35. The number of allylic oxidation sites excluding steroid dienone is 3. The van der Waals surface area contributed by atoms with Gasteiger partial charge in [-0.25, -0.2) is 0 Å². The Hall–Kier alpha value is -1.38. The molecule has 1 aliphatic carbocycles. The van der Waals surface area contributed by atoms with Gasteiger partial charge in [0, 0.05) is 18.0 Å². The molecule has 1 aromatic carbocycles. The molecule has 23 heavy (non-hydrogen) atoms. The number of nitrogens with zero attached hydrogens (tertiary/aromatic N) is 1. The predicted molar refractivity (Wildman–Crippen MR) is 101 cm³/mol. The number of hydrogen-bond acceptors (Lipinski definition) is 2. The van der Waals surface area contributed by atoms with Crippen molar-refractivity contribution in [3.63, 3.8) is 0 Å². The number of likely N-dealkylation sites (N-methyl/N-ethyl adjacent to an activating group) is 1. The summed E-state index contributed by atoms with van der Waals surface area (Å²) in [5.41, 5.74) is 4.32. The fourth-order valence-electron chi connectivity index (χ4n) is 3.35. The van der Waals surface area contributed by atoms with E-state index in [-0.39, 0.29) is 5.54 Å². The Morgan fingerprint density at radius 3 is 2.61 bits per heavy atom. The maximum Gasteiger partial charge on any atom is 0.0380 e. The Morgan fingerprint density at radius 2 is 1.91 bits per heavy atom. The normalized spacial score (nSPS) is 17.8. The van der Waals surface area contributed by atoms with Crippen molar-refractivity contribution in [3.05, 3.63) is 59.2 Å². The van der Waals surface area contributed by atoms with Crippen molar-refractivity contribution in [2.45, 2.75) is 45.1 Å². The highest BCUT2D eigenvalue weighted by atomic mass is 15.0. The lowest BCUT2D eigenvalue weighted by molar-refractivity contribution is 0.394. The fraction of sp³-hybridized carbons (Fsp3) is 0.524. The Morgan fingerprint density at radius 1 is 1.17 bits per heavy atom. The van der Waals surface area contributed by atoms with Gasteiger partial charge in [0.05, 0.1) is 0 Å². The SMILES string of the molecule is CCCCNC(C)(C)c1ccccc1C1C=CC=C1CN(C)C. The van der Waals surface area contributed by atoms with Crippen LogP contribution in [0.2, 0.25) is 0 Å². The predicted octanol–water partition coefficient (Wildman–Crippen LogP) is 4.45. The molecule has 0 spiro atoms. The minimum Gasteiger partial charge on any atom is -0.308 e. The molecule has 0 bridgehead atoms. The van der Waals surface area contributed by atoms with E-state index in [4.69, 9.17) is 0 Å². The van der Waals surface area contributed by atoms with Gasteiger partial charge in [-0.3, -0.25) is 0 Å². The van der Waals surface area contributed by atoms with Crippen LogP contribution in [0, 0.1) is 0 Å². The maximum atomic E-state index is 3.74. The lowest BCUT2D eigenvalue weighted by atomic mass is 9.82. The quantitative estimate of drug-likeness (QED) is 0.713. The lowest BCUT2D eigenvalue weighted by Gasteiger charge is -2.32. The standard InChI is InChI=1S/C21H32N2/c1-6-7-15-22-21(2,3)20-14-9-8-12-19(20)18-13-10-11-17(18)16-23(4)5/h8-14,18,22H,6-7,15-16H2,1-5H3. The third-order valence-corrected chi connectivity index (χ3v) is 4.58. The molecule has 0 heterocycles. The van der Waals surface area contributed by atoms with E-state index in [1.54, 1.807) is 0 Å². The van der Waals surface area contributed by atoms with Gasteiger partial charge in [-0.2, -0.15) is 0 Å². The van der Waals surface area contributed by atoms with E-state index in [2.05, 4.69) is 87.6 Å². The first-order valence-corrected chi connectivity index (χ1v) is 8.82. The molecule has 0 aliphatic heterocycles. The molecular weight excluding hydrogens is 280 g/mol. The number of benzene rings is 1. The van der Waals surface area contributed by atoms with E-state index in [9.17, 15) is 0 Å². The van der Waals surface area contributed by atoms with E-state index in [0.29, 0.717) is 5.92 Å². The van der Waals surface area contributed by atoms with Gasteiger partial charge >= 0.3 is 0 Å². The third kappa shape index (κ3) is 4.55. The second kappa shape index (κ2) is 7.94. The highest BCUT2D eigenvalue weighted by molar-refractivity contribution is 5.47. The minimum atomic E-state index is -0.00851. The van der Waals surface area contributed by atoms with Crippen LogP contribution in [0.5, 0.6) is 0 Å².